The molecule has 0 aliphatic carbocycles. The highest BCUT2D eigenvalue weighted by atomic mass is 16.5. The van der Waals surface area contributed by atoms with Crippen molar-refractivity contribution in [1.82, 2.24) is 9.80 Å². The maximum Gasteiger partial charge on any atom is 0.327 e. The summed E-state index contributed by atoms with van der Waals surface area (Å²) < 4.78 is 5.49. The Morgan fingerprint density at radius 1 is 1.50 bits per heavy atom. The van der Waals surface area contributed by atoms with Crippen molar-refractivity contribution in [3.05, 3.63) is 12.7 Å². The van der Waals surface area contributed by atoms with Crippen LogP contribution in [-0.2, 0) is 9.53 Å². The van der Waals surface area contributed by atoms with Gasteiger partial charge in [-0.3, -0.25) is 9.69 Å². The van der Waals surface area contributed by atoms with Crippen molar-refractivity contribution in [2.45, 2.75) is 31.9 Å². The predicted octanol–water partition coefficient (Wildman–Crippen LogP) is 1.25. The molecule has 2 fully saturated rings. The summed E-state index contributed by atoms with van der Waals surface area (Å²) >= 11 is 0. The minimum absolute atomic E-state index is 0.0559. The van der Waals surface area contributed by atoms with Crippen molar-refractivity contribution < 1.29 is 14.3 Å². The Kier molecular flexibility index (Phi) is 3.19. The number of amides is 3. The monoisotopic (exact) mass is 252 g/mol. The molecular weight excluding hydrogens is 232 g/mol. The molecule has 2 aliphatic rings. The van der Waals surface area contributed by atoms with Gasteiger partial charge < -0.3 is 9.64 Å². The molecule has 2 rings (SSSR count). The number of ether oxygens (including phenoxy) is 1. The van der Waals surface area contributed by atoms with Crippen LogP contribution in [0.5, 0.6) is 0 Å². The summed E-state index contributed by atoms with van der Waals surface area (Å²) in [7, 11) is 1.66. The van der Waals surface area contributed by atoms with E-state index in [-0.39, 0.29) is 24.0 Å². The van der Waals surface area contributed by atoms with Gasteiger partial charge in [-0.1, -0.05) is 6.08 Å². The standard InChI is InChI=1S/C13H20N2O3/c1-5-10-9(6-7-18-10)8-15-11(16)13(2,3)14(4)12(15)17/h5,9-10H,1,6-8H2,2-4H3/t9-,10-/m1/s1. The molecule has 3 amide bonds. The highest BCUT2D eigenvalue weighted by Crippen LogP contribution is 2.29. The van der Waals surface area contributed by atoms with Crippen LogP contribution in [0.3, 0.4) is 0 Å². The van der Waals surface area contributed by atoms with Gasteiger partial charge in [0.05, 0.1) is 6.10 Å². The molecule has 0 aromatic carbocycles. The van der Waals surface area contributed by atoms with E-state index in [2.05, 4.69) is 6.58 Å². The molecule has 100 valence electrons. The van der Waals surface area contributed by atoms with E-state index in [9.17, 15) is 9.59 Å². The van der Waals surface area contributed by atoms with Crippen molar-refractivity contribution >= 4 is 11.9 Å². The first-order chi connectivity index (χ1) is 8.39. The topological polar surface area (TPSA) is 49.9 Å². The van der Waals surface area contributed by atoms with Crippen LogP contribution in [0.4, 0.5) is 4.79 Å². The van der Waals surface area contributed by atoms with Gasteiger partial charge in [-0.15, -0.1) is 6.58 Å². The zero-order chi connectivity index (χ0) is 13.5. The summed E-state index contributed by atoms with van der Waals surface area (Å²) in [5.74, 6) is 0.0300. The second-order valence-electron chi connectivity index (χ2n) is 5.44. The molecular formula is C13H20N2O3. The van der Waals surface area contributed by atoms with Crippen LogP contribution in [-0.4, -0.2) is 53.6 Å². The SMILES string of the molecule is C=C[C@H]1OCC[C@@H]1CN1C(=O)N(C)C(C)(C)C1=O. The number of nitrogens with zero attached hydrogens (tertiary/aromatic N) is 2. The average molecular weight is 252 g/mol. The van der Waals surface area contributed by atoms with Gasteiger partial charge in [0, 0.05) is 26.1 Å². The minimum Gasteiger partial charge on any atom is -0.374 e. The lowest BCUT2D eigenvalue weighted by molar-refractivity contribution is -0.132. The van der Waals surface area contributed by atoms with Crippen LogP contribution in [0.1, 0.15) is 20.3 Å². The van der Waals surface area contributed by atoms with Gasteiger partial charge in [0.1, 0.15) is 5.54 Å². The Morgan fingerprint density at radius 2 is 2.17 bits per heavy atom. The number of imide groups is 1. The van der Waals surface area contributed by atoms with Gasteiger partial charge in [-0.25, -0.2) is 4.79 Å². The zero-order valence-electron chi connectivity index (χ0n) is 11.2. The van der Waals surface area contributed by atoms with Crippen molar-refractivity contribution in [3.63, 3.8) is 0 Å². The quantitative estimate of drug-likeness (QED) is 0.561. The molecule has 5 nitrogen and oxygen atoms in total. The molecule has 0 spiro atoms. The van der Waals surface area contributed by atoms with Crippen LogP contribution in [0.25, 0.3) is 0 Å². The molecule has 2 saturated heterocycles. The van der Waals surface area contributed by atoms with Crippen LogP contribution >= 0.6 is 0 Å². The molecule has 0 bridgehead atoms. The van der Waals surface area contributed by atoms with E-state index in [0.717, 1.165) is 6.42 Å². The normalized spacial score (nSPS) is 31.3. The Labute approximate surface area is 107 Å². The van der Waals surface area contributed by atoms with E-state index in [1.165, 1.54) is 9.80 Å². The first kappa shape index (κ1) is 13.1. The van der Waals surface area contributed by atoms with E-state index in [4.69, 9.17) is 4.74 Å². The number of carbonyl (C=O) groups excluding carboxylic acids is 2. The van der Waals surface area contributed by atoms with Crippen LogP contribution in [0, 0.1) is 5.92 Å². The number of carbonyl (C=O) groups is 2. The van der Waals surface area contributed by atoms with Gasteiger partial charge in [0.15, 0.2) is 0 Å². The largest absolute Gasteiger partial charge is 0.374 e. The third-order valence-corrected chi connectivity index (χ3v) is 4.04. The highest BCUT2D eigenvalue weighted by molar-refractivity contribution is 6.06. The summed E-state index contributed by atoms with van der Waals surface area (Å²) in [4.78, 5) is 27.1. The third-order valence-electron chi connectivity index (χ3n) is 4.04. The van der Waals surface area contributed by atoms with Gasteiger partial charge in [0.25, 0.3) is 5.91 Å². The fourth-order valence-electron chi connectivity index (χ4n) is 2.49. The van der Waals surface area contributed by atoms with Gasteiger partial charge in [-0.05, 0) is 20.3 Å². The highest BCUT2D eigenvalue weighted by Gasteiger charge is 2.50. The van der Waals surface area contributed by atoms with Crippen LogP contribution in [0.15, 0.2) is 12.7 Å². The van der Waals surface area contributed by atoms with Crippen LogP contribution in [0.2, 0.25) is 0 Å². The molecule has 2 atom stereocenters. The number of hydrogen-bond acceptors (Lipinski definition) is 3. The van der Waals surface area contributed by atoms with E-state index >= 15 is 0 Å². The number of urea groups is 1. The molecule has 0 radical (unpaired) electrons. The van der Waals surface area contributed by atoms with E-state index in [1.807, 2.05) is 0 Å². The molecule has 0 unspecified atom stereocenters. The molecule has 0 aromatic rings. The van der Waals surface area contributed by atoms with Crippen molar-refractivity contribution in [2.24, 2.45) is 5.92 Å². The van der Waals surface area contributed by atoms with Crippen molar-refractivity contribution in [1.29, 1.82) is 0 Å². The summed E-state index contributed by atoms with van der Waals surface area (Å²) in [5.41, 5.74) is -0.750. The van der Waals surface area contributed by atoms with Gasteiger partial charge in [-0.2, -0.15) is 0 Å². The second kappa shape index (κ2) is 4.39. The summed E-state index contributed by atoms with van der Waals surface area (Å²) in [6.07, 6.45) is 2.55. The first-order valence-electron chi connectivity index (χ1n) is 6.23. The molecule has 0 aromatic heterocycles. The average Bonchev–Trinajstić information content (AvgIpc) is 2.84. The maximum absolute atomic E-state index is 12.2. The third kappa shape index (κ3) is 1.82. The van der Waals surface area contributed by atoms with Gasteiger partial charge in [0.2, 0.25) is 0 Å². The Bertz CT molecular complexity index is 392. The number of likely N-dealkylation sites (N-methyl/N-ethyl adjacent to an activating group) is 1. The van der Waals surface area contributed by atoms with Crippen molar-refractivity contribution in [2.75, 3.05) is 20.2 Å². The lowest BCUT2D eigenvalue weighted by Crippen LogP contribution is -2.42. The molecule has 5 heteroatoms. The number of rotatable bonds is 3. The first-order valence-corrected chi connectivity index (χ1v) is 6.23. The molecule has 2 heterocycles. The van der Waals surface area contributed by atoms with Crippen molar-refractivity contribution in [3.8, 4) is 0 Å². The predicted molar refractivity (Wildman–Crippen MR) is 67.0 cm³/mol. The Morgan fingerprint density at radius 3 is 2.67 bits per heavy atom. The maximum atomic E-state index is 12.2. The molecule has 0 saturated carbocycles. The fraction of sp³-hybridized carbons (Fsp3) is 0.692. The van der Waals surface area contributed by atoms with Crippen LogP contribution < -0.4 is 0 Å². The smallest absolute Gasteiger partial charge is 0.327 e. The summed E-state index contributed by atoms with van der Waals surface area (Å²) in [6, 6.07) is -0.222. The lowest BCUT2D eigenvalue weighted by Gasteiger charge is -2.22. The fourth-order valence-corrected chi connectivity index (χ4v) is 2.49. The van der Waals surface area contributed by atoms with E-state index < -0.39 is 5.54 Å². The lowest BCUT2D eigenvalue weighted by atomic mass is 10.00. The minimum atomic E-state index is -0.750. The Balaban J connectivity index is 2.13. The molecule has 2 aliphatic heterocycles. The zero-order valence-corrected chi connectivity index (χ0v) is 11.2. The second-order valence-corrected chi connectivity index (χ2v) is 5.44. The molecule has 0 N–H and O–H groups in total. The summed E-state index contributed by atoms with van der Waals surface area (Å²) in [6.45, 7) is 8.34. The number of hydrogen-bond donors (Lipinski definition) is 0. The summed E-state index contributed by atoms with van der Waals surface area (Å²) in [5, 5.41) is 0. The molecule has 18 heavy (non-hydrogen) atoms. The van der Waals surface area contributed by atoms with E-state index in [1.54, 1.807) is 27.0 Å². The van der Waals surface area contributed by atoms with E-state index in [0.29, 0.717) is 13.2 Å². The van der Waals surface area contributed by atoms with Gasteiger partial charge >= 0.3 is 6.03 Å². The Hall–Kier alpha value is -1.36.